The van der Waals surface area contributed by atoms with Crippen molar-refractivity contribution >= 4 is 11.9 Å². The summed E-state index contributed by atoms with van der Waals surface area (Å²) in [5.41, 5.74) is 0.777. The fourth-order valence-electron chi connectivity index (χ4n) is 4.33. The van der Waals surface area contributed by atoms with Crippen molar-refractivity contribution in [1.29, 1.82) is 0 Å². The lowest BCUT2D eigenvalue weighted by Crippen LogP contribution is -2.47. The molecule has 1 N–H and O–H groups in total. The summed E-state index contributed by atoms with van der Waals surface area (Å²) in [5, 5.41) is 3.41. The van der Waals surface area contributed by atoms with Crippen molar-refractivity contribution in [1.82, 2.24) is 15.1 Å². The molecule has 1 aromatic rings. The molecule has 2 heterocycles. The second kappa shape index (κ2) is 11.3. The van der Waals surface area contributed by atoms with E-state index in [9.17, 15) is 9.18 Å². The number of hydrogen-bond donors (Lipinski definition) is 1. The van der Waals surface area contributed by atoms with E-state index in [1.54, 1.807) is 6.07 Å². The summed E-state index contributed by atoms with van der Waals surface area (Å²) in [7, 11) is 1.46. The Hall–Kier alpha value is -2.15. The van der Waals surface area contributed by atoms with Crippen LogP contribution in [0.25, 0.3) is 0 Å². The summed E-state index contributed by atoms with van der Waals surface area (Å²) in [6.45, 7) is 8.02. The van der Waals surface area contributed by atoms with E-state index in [1.165, 1.54) is 13.2 Å². The predicted molar refractivity (Wildman–Crippen MR) is 117 cm³/mol. The minimum Gasteiger partial charge on any atom is -0.469 e. The number of likely N-dealkylation sites (tertiary alicyclic amines) is 2. The number of piperidine rings is 2. The number of benzene rings is 1. The number of esters is 1. The number of carbonyl (C=O) groups excluding carboxylic acids is 1. The quantitative estimate of drug-likeness (QED) is 0.437. The average Bonchev–Trinajstić information content (AvgIpc) is 2.79. The van der Waals surface area contributed by atoms with Crippen molar-refractivity contribution in [2.75, 3.05) is 46.4 Å². The van der Waals surface area contributed by atoms with Crippen molar-refractivity contribution in [3.63, 3.8) is 0 Å². The fourth-order valence-corrected chi connectivity index (χ4v) is 4.33. The molecular formula is C23H35FN4O2. The number of nitrogens with one attached hydrogen (secondary N) is 1. The smallest absolute Gasteiger partial charge is 0.308 e. The predicted octanol–water partition coefficient (Wildman–Crippen LogP) is 2.89. The minimum absolute atomic E-state index is 0.00732. The number of aliphatic imine (C=N–C) groups is 1. The highest BCUT2D eigenvalue weighted by Crippen LogP contribution is 2.21. The highest BCUT2D eigenvalue weighted by Gasteiger charge is 2.27. The summed E-state index contributed by atoms with van der Waals surface area (Å²) in [5.74, 6) is 1.31. The number of ether oxygens (including phenoxy) is 1. The third-order valence-electron chi connectivity index (χ3n) is 6.22. The van der Waals surface area contributed by atoms with E-state index in [4.69, 9.17) is 9.73 Å². The van der Waals surface area contributed by atoms with Gasteiger partial charge in [0.1, 0.15) is 5.82 Å². The Balaban J connectivity index is 1.47. The van der Waals surface area contributed by atoms with Crippen LogP contribution in [0.1, 0.15) is 38.2 Å². The van der Waals surface area contributed by atoms with Crippen LogP contribution in [0.2, 0.25) is 0 Å². The van der Waals surface area contributed by atoms with Crippen LogP contribution in [-0.2, 0) is 16.1 Å². The molecule has 0 atom stereocenters. The first-order valence-corrected chi connectivity index (χ1v) is 11.2. The van der Waals surface area contributed by atoms with Crippen molar-refractivity contribution in [3.8, 4) is 0 Å². The van der Waals surface area contributed by atoms with Gasteiger partial charge < -0.3 is 15.0 Å². The Labute approximate surface area is 179 Å². The number of guanidine groups is 1. The van der Waals surface area contributed by atoms with E-state index < -0.39 is 0 Å². The van der Waals surface area contributed by atoms with Crippen molar-refractivity contribution in [2.24, 2.45) is 16.8 Å². The number of methoxy groups -OCH3 is 1. The van der Waals surface area contributed by atoms with E-state index in [1.807, 2.05) is 12.1 Å². The molecule has 0 bridgehead atoms. The zero-order valence-corrected chi connectivity index (χ0v) is 18.3. The van der Waals surface area contributed by atoms with Gasteiger partial charge in [-0.25, -0.2) is 4.39 Å². The topological polar surface area (TPSA) is 57.2 Å². The molecule has 0 saturated carbocycles. The van der Waals surface area contributed by atoms with Gasteiger partial charge in [-0.05, 0) is 57.7 Å². The van der Waals surface area contributed by atoms with Gasteiger partial charge in [-0.2, -0.15) is 0 Å². The molecule has 0 aromatic heterocycles. The van der Waals surface area contributed by atoms with Gasteiger partial charge in [0.05, 0.1) is 13.0 Å². The number of nitrogens with zero attached hydrogens (tertiary/aromatic N) is 3. The summed E-state index contributed by atoms with van der Waals surface area (Å²) in [6.07, 6.45) is 3.79. The second-order valence-corrected chi connectivity index (χ2v) is 8.29. The Kier molecular flexibility index (Phi) is 8.49. The number of hydrogen-bond acceptors (Lipinski definition) is 4. The first kappa shape index (κ1) is 22.5. The molecule has 7 heteroatoms. The largest absolute Gasteiger partial charge is 0.469 e. The summed E-state index contributed by atoms with van der Waals surface area (Å²) < 4.78 is 18.8. The van der Waals surface area contributed by atoms with Crippen molar-refractivity contribution < 1.29 is 13.9 Å². The first-order chi connectivity index (χ1) is 14.6. The van der Waals surface area contributed by atoms with Crippen molar-refractivity contribution in [3.05, 3.63) is 35.6 Å². The number of halogens is 1. The van der Waals surface area contributed by atoms with E-state index in [-0.39, 0.29) is 17.7 Å². The Bertz CT molecular complexity index is 711. The average molecular weight is 419 g/mol. The van der Waals surface area contributed by atoms with Crippen LogP contribution in [0, 0.1) is 17.7 Å². The molecule has 3 rings (SSSR count). The van der Waals surface area contributed by atoms with Gasteiger partial charge in [-0.3, -0.25) is 14.7 Å². The number of carbonyl (C=O) groups is 1. The van der Waals surface area contributed by atoms with Crippen LogP contribution in [0.5, 0.6) is 0 Å². The monoisotopic (exact) mass is 418 g/mol. The van der Waals surface area contributed by atoms with Crippen LogP contribution in [0.3, 0.4) is 0 Å². The summed E-state index contributed by atoms with van der Waals surface area (Å²) in [6, 6.07) is 7.05. The molecule has 166 valence electrons. The van der Waals surface area contributed by atoms with Gasteiger partial charge in [0.25, 0.3) is 0 Å². The van der Waals surface area contributed by atoms with Gasteiger partial charge in [0.2, 0.25) is 0 Å². The van der Waals surface area contributed by atoms with Crippen LogP contribution in [0.15, 0.2) is 29.3 Å². The maximum absolute atomic E-state index is 13.9. The molecular weight excluding hydrogens is 383 g/mol. The number of rotatable bonds is 6. The molecule has 1 aromatic carbocycles. The van der Waals surface area contributed by atoms with Crippen LogP contribution < -0.4 is 5.32 Å². The lowest BCUT2D eigenvalue weighted by Gasteiger charge is -2.34. The molecule has 0 amide bonds. The fraction of sp³-hybridized carbons (Fsp3) is 0.652. The maximum Gasteiger partial charge on any atom is 0.308 e. The molecule has 0 aliphatic carbocycles. The highest BCUT2D eigenvalue weighted by molar-refractivity contribution is 5.80. The van der Waals surface area contributed by atoms with E-state index in [0.717, 1.165) is 76.5 Å². The van der Waals surface area contributed by atoms with Gasteiger partial charge in [0.15, 0.2) is 5.96 Å². The SMILES string of the molecule is CCNC(=NCC1CCN(Cc2ccccc2F)CC1)N1CCC(C(=O)OC)CC1. The van der Waals surface area contributed by atoms with Gasteiger partial charge in [-0.1, -0.05) is 18.2 Å². The second-order valence-electron chi connectivity index (χ2n) is 8.29. The third kappa shape index (κ3) is 6.17. The molecule has 6 nitrogen and oxygen atoms in total. The summed E-state index contributed by atoms with van der Waals surface area (Å²) in [4.78, 5) is 21.3. The molecule has 2 aliphatic rings. The normalized spacial score (nSPS) is 19.7. The van der Waals surface area contributed by atoms with Crippen LogP contribution in [-0.4, -0.2) is 68.1 Å². The molecule has 2 fully saturated rings. The molecule has 0 radical (unpaired) electrons. The summed E-state index contributed by atoms with van der Waals surface area (Å²) >= 11 is 0. The zero-order valence-electron chi connectivity index (χ0n) is 18.3. The lowest BCUT2D eigenvalue weighted by molar-refractivity contribution is -0.146. The van der Waals surface area contributed by atoms with Gasteiger partial charge in [0, 0.05) is 38.3 Å². The van der Waals surface area contributed by atoms with E-state index in [0.29, 0.717) is 12.5 Å². The minimum atomic E-state index is -0.115. The van der Waals surface area contributed by atoms with E-state index >= 15 is 0 Å². The molecule has 2 aliphatic heterocycles. The zero-order chi connectivity index (χ0) is 21.3. The standard InChI is InChI=1S/C23H35FN4O2/c1-3-25-23(28-14-10-19(11-15-28)22(29)30-2)26-16-18-8-12-27(13-9-18)17-20-6-4-5-7-21(20)24/h4-7,18-19H,3,8-17H2,1-2H3,(H,25,26). The Morgan fingerprint density at radius 3 is 2.50 bits per heavy atom. The Morgan fingerprint density at radius 2 is 1.87 bits per heavy atom. The maximum atomic E-state index is 13.9. The molecule has 0 unspecified atom stereocenters. The molecule has 2 saturated heterocycles. The van der Waals surface area contributed by atoms with E-state index in [2.05, 4.69) is 22.0 Å². The first-order valence-electron chi connectivity index (χ1n) is 11.2. The molecule has 30 heavy (non-hydrogen) atoms. The van der Waals surface area contributed by atoms with Crippen LogP contribution >= 0.6 is 0 Å². The highest BCUT2D eigenvalue weighted by atomic mass is 19.1. The molecule has 0 spiro atoms. The van der Waals surface area contributed by atoms with Gasteiger partial charge in [-0.15, -0.1) is 0 Å². The lowest BCUT2D eigenvalue weighted by atomic mass is 9.96. The van der Waals surface area contributed by atoms with Gasteiger partial charge >= 0.3 is 5.97 Å². The van der Waals surface area contributed by atoms with Crippen molar-refractivity contribution in [2.45, 2.75) is 39.2 Å². The Morgan fingerprint density at radius 1 is 1.17 bits per heavy atom. The third-order valence-corrected chi connectivity index (χ3v) is 6.22. The van der Waals surface area contributed by atoms with Crippen LogP contribution in [0.4, 0.5) is 4.39 Å².